The van der Waals surface area contributed by atoms with Gasteiger partial charge in [0.2, 0.25) is 0 Å². The summed E-state index contributed by atoms with van der Waals surface area (Å²) >= 11 is 0. The molecule has 2 aromatic rings. The maximum atomic E-state index is 4.44. The molecule has 2 aromatic carbocycles. The lowest BCUT2D eigenvalue weighted by atomic mass is 9.99. The second kappa shape index (κ2) is 7.36. The number of nitrogens with zero attached hydrogens (tertiary/aromatic N) is 2. The Morgan fingerprint density at radius 1 is 0.609 bits per heavy atom. The van der Waals surface area contributed by atoms with E-state index in [2.05, 4.69) is 75.8 Å². The summed E-state index contributed by atoms with van der Waals surface area (Å²) in [5.74, 6) is 0. The van der Waals surface area contributed by atoms with Gasteiger partial charge in [-0.25, -0.2) is 0 Å². The Morgan fingerprint density at radius 2 is 1.00 bits per heavy atom. The zero-order valence-corrected chi connectivity index (χ0v) is 15.1. The average molecular weight is 306 g/mol. The van der Waals surface area contributed by atoms with Gasteiger partial charge in [-0.1, -0.05) is 24.3 Å². The molecule has 0 radical (unpaired) electrons. The zero-order chi connectivity index (χ0) is 17.0. The Bertz CT molecular complexity index is 702. The van der Waals surface area contributed by atoms with Crippen molar-refractivity contribution in [1.29, 1.82) is 0 Å². The first-order valence-electron chi connectivity index (χ1n) is 8.05. The normalized spacial score (nSPS) is 11.7. The molecule has 23 heavy (non-hydrogen) atoms. The minimum atomic E-state index is 0.457. The van der Waals surface area contributed by atoms with Crippen LogP contribution >= 0.6 is 0 Å². The molecular weight excluding hydrogens is 280 g/mol. The third-order valence-electron chi connectivity index (χ3n) is 4.82. The molecule has 0 aromatic heterocycles. The van der Waals surface area contributed by atoms with Gasteiger partial charge in [0, 0.05) is 12.4 Å². The van der Waals surface area contributed by atoms with Crippen LogP contribution in [0.1, 0.15) is 44.5 Å². The fourth-order valence-electron chi connectivity index (χ4n) is 2.56. The maximum absolute atomic E-state index is 4.44. The van der Waals surface area contributed by atoms with Crippen molar-refractivity contribution in [2.24, 2.45) is 9.98 Å². The van der Waals surface area contributed by atoms with Crippen LogP contribution in [0.25, 0.3) is 0 Å². The highest BCUT2D eigenvalue weighted by atomic mass is 14.9. The summed E-state index contributed by atoms with van der Waals surface area (Å²) in [4.78, 5) is 8.87. The van der Waals surface area contributed by atoms with Crippen LogP contribution in [0, 0.1) is 41.5 Å². The molecule has 2 nitrogen and oxygen atoms in total. The number of hydrogen-bond acceptors (Lipinski definition) is 2. The minimum Gasteiger partial charge on any atom is -0.269 e. The molecule has 120 valence electrons. The molecule has 0 bridgehead atoms. The summed E-state index contributed by atoms with van der Waals surface area (Å²) in [6.07, 6.45) is 3.85. The van der Waals surface area contributed by atoms with Crippen molar-refractivity contribution in [3.63, 3.8) is 0 Å². The molecule has 0 atom stereocenters. The molecule has 0 aliphatic carbocycles. The largest absolute Gasteiger partial charge is 0.269 e. The van der Waals surface area contributed by atoms with Crippen LogP contribution in [-0.4, -0.2) is 19.1 Å². The van der Waals surface area contributed by atoms with Gasteiger partial charge in [-0.15, -0.1) is 0 Å². The van der Waals surface area contributed by atoms with Gasteiger partial charge in [-0.3, -0.25) is 9.98 Å². The lowest BCUT2D eigenvalue weighted by molar-refractivity contribution is 1.08. The van der Waals surface area contributed by atoms with E-state index < -0.39 is 0 Å². The van der Waals surface area contributed by atoms with E-state index >= 15 is 0 Å². The molecule has 2 heteroatoms. The second-order valence-corrected chi connectivity index (χ2v) is 6.21. The second-order valence-electron chi connectivity index (χ2n) is 6.21. The van der Waals surface area contributed by atoms with Gasteiger partial charge < -0.3 is 0 Å². The topological polar surface area (TPSA) is 24.7 Å². The highest BCUT2D eigenvalue weighted by Gasteiger charge is 2.02. The predicted molar refractivity (Wildman–Crippen MR) is 101 cm³/mol. The number of hydrogen-bond donors (Lipinski definition) is 0. The first kappa shape index (κ1) is 17.1. The van der Waals surface area contributed by atoms with Crippen LogP contribution < -0.4 is 0 Å². The molecule has 0 saturated carbocycles. The number of aryl methyl sites for hydroxylation is 2. The van der Waals surface area contributed by atoms with Crippen LogP contribution in [0.5, 0.6) is 0 Å². The molecule has 0 aliphatic heterocycles. The van der Waals surface area contributed by atoms with Crippen molar-refractivity contribution in [3.05, 3.63) is 68.8 Å². The van der Waals surface area contributed by atoms with Gasteiger partial charge in [0.25, 0.3) is 0 Å². The fraction of sp³-hybridized carbons (Fsp3) is 0.333. The van der Waals surface area contributed by atoms with Gasteiger partial charge in [0.1, 0.15) is 6.67 Å². The fourth-order valence-corrected chi connectivity index (χ4v) is 2.56. The van der Waals surface area contributed by atoms with Gasteiger partial charge in [0.15, 0.2) is 0 Å². The standard InChI is InChI=1S/C21H26N2/c1-14-7-9-20(18(5)16(14)3)11-22-13-23-12-21-10-8-15(2)17(4)19(21)6/h7-12H,13H2,1-6H3. The number of benzene rings is 2. The van der Waals surface area contributed by atoms with E-state index in [0.29, 0.717) is 6.67 Å². The summed E-state index contributed by atoms with van der Waals surface area (Å²) in [5.41, 5.74) is 10.2. The van der Waals surface area contributed by atoms with E-state index in [4.69, 9.17) is 0 Å². The van der Waals surface area contributed by atoms with E-state index in [9.17, 15) is 0 Å². The van der Waals surface area contributed by atoms with Crippen molar-refractivity contribution in [1.82, 2.24) is 0 Å². The van der Waals surface area contributed by atoms with Crippen molar-refractivity contribution < 1.29 is 0 Å². The Kier molecular flexibility index (Phi) is 5.49. The van der Waals surface area contributed by atoms with Gasteiger partial charge >= 0.3 is 0 Å². The Labute approximate surface area is 140 Å². The molecule has 0 heterocycles. The van der Waals surface area contributed by atoms with Gasteiger partial charge in [-0.2, -0.15) is 0 Å². The Morgan fingerprint density at radius 3 is 1.39 bits per heavy atom. The molecule has 0 amide bonds. The first-order valence-corrected chi connectivity index (χ1v) is 8.05. The van der Waals surface area contributed by atoms with E-state index in [1.54, 1.807) is 0 Å². The monoisotopic (exact) mass is 306 g/mol. The summed E-state index contributed by atoms with van der Waals surface area (Å²) in [6, 6.07) is 8.54. The van der Waals surface area contributed by atoms with E-state index in [-0.39, 0.29) is 0 Å². The Hall–Kier alpha value is -2.22. The molecule has 0 unspecified atom stereocenters. The number of aliphatic imine (C=N–C) groups is 2. The lowest BCUT2D eigenvalue weighted by Gasteiger charge is -2.07. The van der Waals surface area contributed by atoms with E-state index in [1.165, 1.54) is 44.5 Å². The third kappa shape index (κ3) is 3.95. The third-order valence-corrected chi connectivity index (χ3v) is 4.82. The molecule has 0 fully saturated rings. The Balaban J connectivity index is 2.05. The van der Waals surface area contributed by atoms with Crippen molar-refractivity contribution >= 4 is 12.4 Å². The first-order chi connectivity index (χ1) is 10.9. The van der Waals surface area contributed by atoms with Crippen molar-refractivity contribution in [2.45, 2.75) is 41.5 Å². The van der Waals surface area contributed by atoms with Crippen LogP contribution in [0.4, 0.5) is 0 Å². The van der Waals surface area contributed by atoms with Crippen molar-refractivity contribution in [3.8, 4) is 0 Å². The minimum absolute atomic E-state index is 0.457. The molecule has 0 saturated heterocycles. The molecule has 0 spiro atoms. The summed E-state index contributed by atoms with van der Waals surface area (Å²) in [7, 11) is 0. The van der Waals surface area contributed by atoms with Crippen LogP contribution in [0.2, 0.25) is 0 Å². The van der Waals surface area contributed by atoms with Crippen LogP contribution in [-0.2, 0) is 0 Å². The quantitative estimate of drug-likeness (QED) is 0.708. The summed E-state index contributed by atoms with van der Waals surface area (Å²) in [5, 5.41) is 0. The van der Waals surface area contributed by atoms with E-state index in [0.717, 1.165) is 0 Å². The molecular formula is C21H26N2. The molecule has 2 rings (SSSR count). The molecule has 0 N–H and O–H groups in total. The SMILES string of the molecule is Cc1ccc(C=NCN=Cc2ccc(C)c(C)c2C)c(C)c1C. The van der Waals surface area contributed by atoms with Crippen molar-refractivity contribution in [2.75, 3.05) is 6.67 Å². The highest BCUT2D eigenvalue weighted by Crippen LogP contribution is 2.16. The molecule has 0 aliphatic rings. The van der Waals surface area contributed by atoms with E-state index in [1.807, 2.05) is 12.4 Å². The highest BCUT2D eigenvalue weighted by molar-refractivity contribution is 5.84. The summed E-state index contributed by atoms with van der Waals surface area (Å²) in [6.45, 7) is 13.3. The predicted octanol–water partition coefficient (Wildman–Crippen LogP) is 5.03. The van der Waals surface area contributed by atoms with Gasteiger partial charge in [0.05, 0.1) is 0 Å². The van der Waals surface area contributed by atoms with Crippen LogP contribution in [0.15, 0.2) is 34.3 Å². The average Bonchev–Trinajstić information content (AvgIpc) is 2.54. The summed E-state index contributed by atoms with van der Waals surface area (Å²) < 4.78 is 0. The van der Waals surface area contributed by atoms with Gasteiger partial charge in [-0.05, 0) is 86.1 Å². The smallest absolute Gasteiger partial charge is 0.129 e. The lowest BCUT2D eigenvalue weighted by Crippen LogP contribution is -1.95. The number of rotatable bonds is 4. The maximum Gasteiger partial charge on any atom is 0.129 e. The van der Waals surface area contributed by atoms with Crippen LogP contribution in [0.3, 0.4) is 0 Å². The zero-order valence-electron chi connectivity index (χ0n) is 15.1.